The predicted molar refractivity (Wildman–Crippen MR) is 239 cm³/mol. The third-order valence-electron chi connectivity index (χ3n) is 11.2. The Labute approximate surface area is 410 Å². The number of aromatic nitrogens is 8. The Hall–Kier alpha value is -5.58. The SMILES string of the molecule is Nc1nc2c(ncn2[C@@H]2O[C@@H]3COP(=O)(O)O[C@@H]4C(O)[C@H](n5cnc6c(NC(=O)CCOCCOCCOCCOCCNC(=O)CCN7C(=O)C=CC7=O)ncnc65)O[C@@H]4COP(=O)(O)OC3[C@@H]2O)c(=O)[nH]1. The van der Waals surface area contributed by atoms with Gasteiger partial charge in [-0.3, -0.25) is 61.1 Å². The van der Waals surface area contributed by atoms with E-state index in [0.29, 0.717) is 0 Å². The molecule has 4 amide bonds. The molecule has 10 atom stereocenters. The quantitative estimate of drug-likeness (QED) is 0.0233. The highest BCUT2D eigenvalue weighted by molar-refractivity contribution is 7.47. The maximum absolute atomic E-state index is 13.4. The fourth-order valence-electron chi connectivity index (χ4n) is 7.73. The molecule has 33 nitrogen and oxygen atoms in total. The first kappa shape index (κ1) is 53.7. The molecule has 4 aromatic rings. The van der Waals surface area contributed by atoms with Gasteiger partial charge in [0.2, 0.25) is 17.8 Å². The number of carbonyl (C=O) groups is 4. The minimum absolute atomic E-state index is 0.00196. The molecule has 9 N–H and O–H groups in total. The molecule has 4 aromatic heterocycles. The van der Waals surface area contributed by atoms with E-state index in [0.717, 1.165) is 34.3 Å². The number of aliphatic hydroxyl groups is 2. The predicted octanol–water partition coefficient (Wildman–Crippen LogP) is -3.10. The summed E-state index contributed by atoms with van der Waals surface area (Å²) in [4.78, 5) is 106. The maximum Gasteiger partial charge on any atom is 0.472 e. The van der Waals surface area contributed by atoms with Crippen LogP contribution in [0.2, 0.25) is 0 Å². The number of phosphoric acid groups is 2. The first-order valence-electron chi connectivity index (χ1n) is 22.3. The van der Waals surface area contributed by atoms with E-state index in [9.17, 15) is 53.1 Å². The van der Waals surface area contributed by atoms with E-state index in [1.165, 1.54) is 10.9 Å². The van der Waals surface area contributed by atoms with Crippen LogP contribution in [-0.2, 0) is 74.8 Å². The number of nitrogens with one attached hydrogen (secondary N) is 3. The zero-order chi connectivity index (χ0) is 51.9. The van der Waals surface area contributed by atoms with Crippen LogP contribution in [0.5, 0.6) is 0 Å². The van der Waals surface area contributed by atoms with Gasteiger partial charge in [0.05, 0.1) is 85.1 Å². The lowest BCUT2D eigenvalue weighted by molar-refractivity contribution is -0.137. The van der Waals surface area contributed by atoms with E-state index in [1.807, 2.05) is 0 Å². The number of rotatable bonds is 21. The smallest absolute Gasteiger partial charge is 0.386 e. The summed E-state index contributed by atoms with van der Waals surface area (Å²) < 4.78 is 83.7. The van der Waals surface area contributed by atoms with Crippen molar-refractivity contribution >= 4 is 73.4 Å². The minimum Gasteiger partial charge on any atom is -0.386 e. The number of fused-ring (bicyclic) bond motifs is 4. The molecule has 3 fully saturated rings. The van der Waals surface area contributed by atoms with E-state index in [-0.39, 0.29) is 119 Å². The molecule has 0 aliphatic carbocycles. The van der Waals surface area contributed by atoms with Crippen LogP contribution in [0, 0.1) is 0 Å². The van der Waals surface area contributed by atoms with Crippen molar-refractivity contribution in [3.05, 3.63) is 41.5 Å². The van der Waals surface area contributed by atoms with Crippen molar-refractivity contribution in [3.8, 4) is 0 Å². The van der Waals surface area contributed by atoms with Crippen LogP contribution in [0.3, 0.4) is 0 Å². The fraction of sp³-hybridized carbons (Fsp3) is 0.579. The number of carbonyl (C=O) groups excluding carboxylic acids is 4. The van der Waals surface area contributed by atoms with Crippen molar-refractivity contribution in [1.29, 1.82) is 0 Å². The molecule has 8 heterocycles. The summed E-state index contributed by atoms with van der Waals surface area (Å²) in [5.41, 5.74) is 4.71. The third kappa shape index (κ3) is 13.2. The number of imide groups is 1. The van der Waals surface area contributed by atoms with Crippen LogP contribution in [0.4, 0.5) is 11.8 Å². The van der Waals surface area contributed by atoms with Gasteiger partial charge in [0, 0.05) is 31.7 Å². The highest BCUT2D eigenvalue weighted by Crippen LogP contribution is 2.53. The molecule has 8 rings (SSSR count). The summed E-state index contributed by atoms with van der Waals surface area (Å²) in [5, 5.41) is 28.0. The van der Waals surface area contributed by atoms with Gasteiger partial charge in [-0.2, -0.15) is 4.98 Å². The van der Waals surface area contributed by atoms with Crippen molar-refractivity contribution in [3.63, 3.8) is 0 Å². The van der Waals surface area contributed by atoms with Crippen LogP contribution in [0.1, 0.15) is 25.3 Å². The Morgan fingerprint density at radius 1 is 0.726 bits per heavy atom. The third-order valence-corrected chi connectivity index (χ3v) is 13.1. The Kier molecular flexibility index (Phi) is 17.5. The Balaban J connectivity index is 0.752. The summed E-state index contributed by atoms with van der Waals surface area (Å²) in [6, 6.07) is 0. The number of H-pyrrole nitrogens is 1. The number of aromatic amines is 1. The molecule has 0 spiro atoms. The Morgan fingerprint density at radius 2 is 1.26 bits per heavy atom. The number of amides is 4. The van der Waals surface area contributed by atoms with Crippen LogP contribution in [0.25, 0.3) is 22.3 Å². The van der Waals surface area contributed by atoms with Gasteiger partial charge in [0.25, 0.3) is 17.4 Å². The van der Waals surface area contributed by atoms with Crippen LogP contribution in [-0.4, -0.2) is 203 Å². The highest BCUT2D eigenvalue weighted by atomic mass is 31.2. The lowest BCUT2D eigenvalue weighted by atomic mass is 10.1. The molecule has 0 radical (unpaired) electrons. The molecule has 35 heteroatoms. The van der Waals surface area contributed by atoms with Gasteiger partial charge >= 0.3 is 15.6 Å². The second-order valence-corrected chi connectivity index (χ2v) is 18.9. The van der Waals surface area contributed by atoms with Crippen molar-refractivity contribution < 1.29 is 94.8 Å². The Morgan fingerprint density at radius 3 is 1.85 bits per heavy atom. The summed E-state index contributed by atoms with van der Waals surface area (Å²) in [5.74, 6) is -2.02. The zero-order valence-electron chi connectivity index (χ0n) is 38.2. The lowest BCUT2D eigenvalue weighted by Crippen LogP contribution is -2.39. The molecule has 0 aromatic carbocycles. The molecular weight excluding hydrogens is 1020 g/mol. The van der Waals surface area contributed by atoms with E-state index >= 15 is 0 Å². The average molecular weight is 1070 g/mol. The minimum atomic E-state index is -5.17. The van der Waals surface area contributed by atoms with Crippen LogP contribution in [0.15, 0.2) is 35.9 Å². The second kappa shape index (κ2) is 23.7. The normalized spacial score (nSPS) is 28.6. The number of imidazole rings is 2. The first-order valence-corrected chi connectivity index (χ1v) is 25.3. The molecule has 4 aliphatic rings. The monoisotopic (exact) mass is 1070 g/mol. The second-order valence-electron chi connectivity index (χ2n) is 16.1. The number of aliphatic hydroxyl groups excluding tert-OH is 2. The summed E-state index contributed by atoms with van der Waals surface area (Å²) >= 11 is 0. The number of ether oxygens (including phenoxy) is 6. The number of phosphoric ester groups is 2. The topological polar surface area (TPSA) is 436 Å². The molecule has 0 saturated carbocycles. The van der Waals surface area contributed by atoms with E-state index < -0.39 is 101 Å². The Bertz CT molecular complexity index is 2810. The molecule has 398 valence electrons. The van der Waals surface area contributed by atoms with Gasteiger partial charge in [0.15, 0.2) is 40.6 Å². The molecule has 4 aliphatic heterocycles. The van der Waals surface area contributed by atoms with E-state index in [2.05, 4.69) is 40.5 Å². The van der Waals surface area contributed by atoms with Crippen molar-refractivity contribution in [2.24, 2.45) is 0 Å². The van der Waals surface area contributed by atoms with Crippen LogP contribution >= 0.6 is 15.6 Å². The molecule has 3 saturated heterocycles. The van der Waals surface area contributed by atoms with Crippen molar-refractivity contribution in [2.45, 2.75) is 61.9 Å². The van der Waals surface area contributed by atoms with Crippen molar-refractivity contribution in [2.75, 3.05) is 90.2 Å². The van der Waals surface area contributed by atoms with Gasteiger partial charge in [-0.15, -0.1) is 0 Å². The van der Waals surface area contributed by atoms with Crippen LogP contribution < -0.4 is 21.9 Å². The average Bonchev–Trinajstić information content (AvgIpc) is 4.16. The van der Waals surface area contributed by atoms with E-state index in [4.69, 9.17) is 52.2 Å². The number of nitrogen functional groups attached to an aromatic ring is 1. The number of hydrogen-bond donors (Lipinski definition) is 8. The summed E-state index contributed by atoms with van der Waals surface area (Å²) in [7, 11) is -10.3. The molecule has 73 heavy (non-hydrogen) atoms. The van der Waals surface area contributed by atoms with Gasteiger partial charge in [-0.1, -0.05) is 0 Å². The zero-order valence-corrected chi connectivity index (χ0v) is 40.0. The van der Waals surface area contributed by atoms with Gasteiger partial charge in [-0.05, 0) is 0 Å². The van der Waals surface area contributed by atoms with E-state index in [1.54, 1.807) is 0 Å². The van der Waals surface area contributed by atoms with Gasteiger partial charge < -0.3 is 64.8 Å². The standard InChI is InChI=1S/C38H50N12O21P2/c39-38-46-34-27(35(57)47-38)44-19-50(34)37-29(56)31-21(69-37)16-67-72(58,59)70-30-20(15-66-73(60,61)71-31)68-36(28(30)55)49-18-43-26-32(41-17-42-33(26)49)45-23(52)4-7-62-9-11-64-13-14-65-12-10-63-8-5-40-22(51)3-6-48-24(53)1-2-25(48)54/h1-2,17-21,28-31,36-37,55-56H,3-16H2,(H,40,51)(H,58,59)(H,60,61)(H3,39,46,47,57)(H,41,42,45,52)/t20-,21-,28?,29+,30+,31?,36-,37-/m1/s1. The fourth-order valence-corrected chi connectivity index (χ4v) is 9.66. The highest BCUT2D eigenvalue weighted by Gasteiger charge is 2.54. The molecule has 0 bridgehead atoms. The maximum atomic E-state index is 13.4. The molecular formula is C38H50N12O21P2. The van der Waals surface area contributed by atoms with Crippen molar-refractivity contribution in [1.82, 2.24) is 49.3 Å². The number of nitrogens with zero attached hydrogens (tertiary/aromatic N) is 8. The first-order chi connectivity index (χ1) is 35.0. The van der Waals surface area contributed by atoms with Gasteiger partial charge in [0.1, 0.15) is 43.0 Å². The number of anilines is 2. The summed E-state index contributed by atoms with van der Waals surface area (Å²) in [6.45, 7) is 0.248. The lowest BCUT2D eigenvalue weighted by Gasteiger charge is -2.27. The largest absolute Gasteiger partial charge is 0.472 e. The molecule has 4 unspecified atom stereocenters. The summed E-state index contributed by atoms with van der Waals surface area (Å²) in [6.07, 6.45) is -7.73. The van der Waals surface area contributed by atoms with Gasteiger partial charge in [-0.25, -0.2) is 29.1 Å². The number of hydrogen-bond acceptors (Lipinski definition) is 25. The number of nitrogens with two attached hydrogens (primary N) is 1.